The van der Waals surface area contributed by atoms with E-state index < -0.39 is 6.04 Å². The van der Waals surface area contributed by atoms with Crippen molar-refractivity contribution in [3.63, 3.8) is 0 Å². The van der Waals surface area contributed by atoms with Gasteiger partial charge < -0.3 is 5.32 Å². The lowest BCUT2D eigenvalue weighted by Crippen LogP contribution is -2.42. The number of nitrogens with one attached hydrogen (secondary N) is 1. The number of thioether (sulfide) groups is 1. The molecule has 3 aromatic rings. The first-order chi connectivity index (χ1) is 16.1. The largest absolute Gasteiger partial charge is 0.351 e. The zero-order valence-corrected chi connectivity index (χ0v) is 19.7. The van der Waals surface area contributed by atoms with Gasteiger partial charge >= 0.3 is 0 Å². The van der Waals surface area contributed by atoms with E-state index >= 15 is 0 Å². The summed E-state index contributed by atoms with van der Waals surface area (Å²) in [6.07, 6.45) is 0.0162. The fourth-order valence-corrected chi connectivity index (χ4v) is 5.31. The van der Waals surface area contributed by atoms with Crippen LogP contribution in [0.5, 0.6) is 0 Å². The SMILES string of the molecule is Cc1ccc(CSC2=Nc3ccccc3C3=N[C@@H](CC(=O)NCc4cccs4)C(=O)N23)cc1. The predicted molar refractivity (Wildman–Crippen MR) is 134 cm³/mol. The number of carbonyl (C=O) groups is 2. The molecule has 0 radical (unpaired) electrons. The molecule has 0 bridgehead atoms. The van der Waals surface area contributed by atoms with Crippen molar-refractivity contribution in [1.29, 1.82) is 0 Å². The van der Waals surface area contributed by atoms with Gasteiger partial charge in [-0.1, -0.05) is 59.8 Å². The third-order valence-corrected chi connectivity index (χ3v) is 7.34. The molecule has 166 valence electrons. The number of aliphatic imine (C=N–C) groups is 2. The number of benzene rings is 2. The Morgan fingerprint density at radius 3 is 2.73 bits per heavy atom. The molecule has 1 aromatic heterocycles. The number of nitrogens with zero attached hydrogens (tertiary/aromatic N) is 3. The second-order valence-electron chi connectivity index (χ2n) is 7.89. The van der Waals surface area contributed by atoms with Crippen molar-refractivity contribution in [2.24, 2.45) is 9.98 Å². The zero-order valence-electron chi connectivity index (χ0n) is 18.0. The molecule has 0 fully saturated rings. The summed E-state index contributed by atoms with van der Waals surface area (Å²) in [4.78, 5) is 37.9. The third kappa shape index (κ3) is 4.62. The van der Waals surface area contributed by atoms with Gasteiger partial charge in [-0.15, -0.1) is 11.3 Å². The molecule has 2 amide bonds. The van der Waals surface area contributed by atoms with E-state index in [9.17, 15) is 9.59 Å². The standard InChI is InChI=1S/C25H22N4O2S2/c1-16-8-10-17(11-9-16)15-33-25-28-20-7-3-2-6-19(20)23-27-21(24(31)29(23)25)13-22(30)26-14-18-5-4-12-32-18/h2-12,21H,13-15H2,1H3,(H,26,30)/t21-/m0/s1. The molecule has 0 spiro atoms. The molecular formula is C25H22N4O2S2. The first-order valence-corrected chi connectivity index (χ1v) is 12.5. The molecule has 0 saturated heterocycles. The maximum absolute atomic E-state index is 13.3. The molecule has 1 N–H and O–H groups in total. The Morgan fingerprint density at radius 2 is 1.94 bits per heavy atom. The van der Waals surface area contributed by atoms with Gasteiger partial charge in [-0.3, -0.25) is 14.6 Å². The quantitative estimate of drug-likeness (QED) is 0.565. The lowest BCUT2D eigenvalue weighted by atomic mass is 10.1. The average molecular weight is 475 g/mol. The van der Waals surface area contributed by atoms with Crippen molar-refractivity contribution >= 4 is 51.6 Å². The normalized spacial score (nSPS) is 16.7. The average Bonchev–Trinajstić information content (AvgIpc) is 3.46. The summed E-state index contributed by atoms with van der Waals surface area (Å²) >= 11 is 3.09. The molecule has 1 atom stereocenters. The minimum atomic E-state index is -0.750. The highest BCUT2D eigenvalue weighted by atomic mass is 32.2. The minimum Gasteiger partial charge on any atom is -0.351 e. The van der Waals surface area contributed by atoms with Crippen molar-refractivity contribution in [3.05, 3.63) is 87.6 Å². The maximum atomic E-state index is 13.3. The molecule has 0 unspecified atom stereocenters. The third-order valence-electron chi connectivity index (χ3n) is 5.45. The van der Waals surface area contributed by atoms with Gasteiger partial charge in [-0.2, -0.15) is 0 Å². The molecule has 2 aliphatic rings. The van der Waals surface area contributed by atoms with Crippen LogP contribution in [0.25, 0.3) is 0 Å². The molecule has 0 saturated carbocycles. The second kappa shape index (κ2) is 9.33. The summed E-state index contributed by atoms with van der Waals surface area (Å²) in [5.74, 6) is 0.864. The fraction of sp³-hybridized carbons (Fsp3) is 0.200. The van der Waals surface area contributed by atoms with Gasteiger partial charge in [-0.05, 0) is 36.1 Å². The Bertz CT molecular complexity index is 1250. The molecule has 3 heterocycles. The highest BCUT2D eigenvalue weighted by Crippen LogP contribution is 2.34. The number of hydrogen-bond acceptors (Lipinski definition) is 6. The summed E-state index contributed by atoms with van der Waals surface area (Å²) in [6, 6.07) is 19.2. The fourth-order valence-electron chi connectivity index (χ4n) is 3.71. The number of rotatable bonds is 6. The first kappa shape index (κ1) is 21.6. The van der Waals surface area contributed by atoms with E-state index in [1.54, 1.807) is 16.2 Å². The Morgan fingerprint density at radius 1 is 1.12 bits per heavy atom. The minimum absolute atomic E-state index is 0.0162. The van der Waals surface area contributed by atoms with E-state index in [2.05, 4.69) is 41.5 Å². The topological polar surface area (TPSA) is 74.1 Å². The number of para-hydroxylation sites is 1. The molecule has 2 aliphatic heterocycles. The highest BCUT2D eigenvalue weighted by Gasteiger charge is 2.42. The van der Waals surface area contributed by atoms with Gasteiger partial charge in [0.25, 0.3) is 5.91 Å². The molecule has 33 heavy (non-hydrogen) atoms. The van der Waals surface area contributed by atoms with Gasteiger partial charge in [0.05, 0.1) is 18.7 Å². The van der Waals surface area contributed by atoms with Crippen LogP contribution in [-0.4, -0.2) is 33.8 Å². The molecular weight excluding hydrogens is 452 g/mol. The van der Waals surface area contributed by atoms with Crippen LogP contribution >= 0.6 is 23.1 Å². The van der Waals surface area contributed by atoms with E-state index in [0.717, 1.165) is 21.7 Å². The molecule has 6 nitrogen and oxygen atoms in total. The van der Waals surface area contributed by atoms with Gasteiger partial charge in [0.1, 0.15) is 11.9 Å². The van der Waals surface area contributed by atoms with E-state index in [1.165, 1.54) is 17.3 Å². The van der Waals surface area contributed by atoms with Gasteiger partial charge in [0.15, 0.2) is 5.17 Å². The van der Waals surface area contributed by atoms with Crippen LogP contribution in [0.4, 0.5) is 5.69 Å². The number of thiophene rings is 1. The number of aryl methyl sites for hydroxylation is 1. The molecule has 8 heteroatoms. The predicted octanol–water partition coefficient (Wildman–Crippen LogP) is 4.65. The van der Waals surface area contributed by atoms with Crippen LogP contribution in [0.2, 0.25) is 0 Å². The summed E-state index contributed by atoms with van der Waals surface area (Å²) in [6.45, 7) is 2.51. The Kier molecular flexibility index (Phi) is 6.11. The highest BCUT2D eigenvalue weighted by molar-refractivity contribution is 8.13. The van der Waals surface area contributed by atoms with Crippen LogP contribution in [-0.2, 0) is 21.9 Å². The summed E-state index contributed by atoms with van der Waals surface area (Å²) in [5, 5.41) is 5.46. The van der Waals surface area contributed by atoms with E-state index in [1.807, 2.05) is 41.8 Å². The number of amides is 2. The number of amidine groups is 2. The summed E-state index contributed by atoms with van der Waals surface area (Å²) < 4.78 is 0. The Hall–Kier alpha value is -3.23. The zero-order chi connectivity index (χ0) is 22.8. The van der Waals surface area contributed by atoms with Crippen LogP contribution < -0.4 is 5.32 Å². The van der Waals surface area contributed by atoms with Crippen LogP contribution in [0.3, 0.4) is 0 Å². The van der Waals surface area contributed by atoms with Crippen molar-refractivity contribution in [2.45, 2.75) is 31.7 Å². The van der Waals surface area contributed by atoms with Gasteiger partial charge in [-0.25, -0.2) is 9.89 Å². The molecule has 5 rings (SSSR count). The van der Waals surface area contributed by atoms with Crippen LogP contribution in [0.1, 0.15) is 28.0 Å². The van der Waals surface area contributed by atoms with Gasteiger partial charge in [0.2, 0.25) is 5.91 Å². The number of hydrogen-bond donors (Lipinski definition) is 1. The molecule has 2 aromatic carbocycles. The van der Waals surface area contributed by atoms with Crippen molar-refractivity contribution < 1.29 is 9.59 Å². The summed E-state index contributed by atoms with van der Waals surface area (Å²) in [5.41, 5.74) is 3.96. The Balaban J connectivity index is 1.34. The smallest absolute Gasteiger partial charge is 0.259 e. The van der Waals surface area contributed by atoms with Crippen LogP contribution in [0.15, 0.2) is 76.0 Å². The first-order valence-electron chi connectivity index (χ1n) is 10.7. The van der Waals surface area contributed by atoms with E-state index in [4.69, 9.17) is 4.99 Å². The number of fused-ring (bicyclic) bond motifs is 3. The van der Waals surface area contributed by atoms with E-state index in [-0.39, 0.29) is 18.2 Å². The summed E-state index contributed by atoms with van der Waals surface area (Å²) in [7, 11) is 0. The molecule has 0 aliphatic carbocycles. The monoisotopic (exact) mass is 474 g/mol. The van der Waals surface area contributed by atoms with Crippen molar-refractivity contribution in [2.75, 3.05) is 0 Å². The van der Waals surface area contributed by atoms with Crippen molar-refractivity contribution in [3.8, 4) is 0 Å². The van der Waals surface area contributed by atoms with Crippen molar-refractivity contribution in [1.82, 2.24) is 10.2 Å². The van der Waals surface area contributed by atoms with E-state index in [0.29, 0.717) is 23.3 Å². The van der Waals surface area contributed by atoms with Crippen LogP contribution in [0, 0.1) is 6.92 Å². The lowest BCUT2D eigenvalue weighted by Gasteiger charge is -2.25. The number of carbonyl (C=O) groups excluding carboxylic acids is 2. The Labute approximate surface area is 200 Å². The lowest BCUT2D eigenvalue weighted by molar-refractivity contribution is -0.128. The van der Waals surface area contributed by atoms with Gasteiger partial charge in [0, 0.05) is 16.2 Å². The second-order valence-corrected chi connectivity index (χ2v) is 9.86. The maximum Gasteiger partial charge on any atom is 0.259 e.